The van der Waals surface area contributed by atoms with Crippen molar-refractivity contribution in [3.05, 3.63) is 36.7 Å². The van der Waals surface area contributed by atoms with Crippen LogP contribution >= 0.6 is 11.3 Å². The smallest absolute Gasteiger partial charge is 0.190 e. The molecule has 0 aliphatic heterocycles. The summed E-state index contributed by atoms with van der Waals surface area (Å²) in [4.78, 5) is 13.4. The highest BCUT2D eigenvalue weighted by molar-refractivity contribution is 7.21. The number of aromatic nitrogens is 3. The summed E-state index contributed by atoms with van der Waals surface area (Å²) >= 11 is 1.42. The Morgan fingerprint density at radius 3 is 2.69 bits per heavy atom. The van der Waals surface area contributed by atoms with Gasteiger partial charge < -0.3 is 5.11 Å². The van der Waals surface area contributed by atoms with E-state index in [1.165, 1.54) is 11.3 Å². The maximum absolute atomic E-state index is 9.71. The van der Waals surface area contributed by atoms with Crippen molar-refractivity contribution in [1.82, 2.24) is 15.0 Å². The fourth-order valence-corrected chi connectivity index (χ4v) is 2.35. The van der Waals surface area contributed by atoms with Crippen LogP contribution in [0.2, 0.25) is 0 Å². The third kappa shape index (κ3) is 1.42. The highest BCUT2D eigenvalue weighted by Crippen LogP contribution is 2.33. The summed E-state index contributed by atoms with van der Waals surface area (Å²) in [5.74, 6) is 0.224. The molecule has 0 aliphatic carbocycles. The molecule has 0 radical (unpaired) electrons. The Labute approximate surface area is 95.3 Å². The van der Waals surface area contributed by atoms with Crippen molar-refractivity contribution < 1.29 is 5.11 Å². The molecular formula is C11H7N3OS. The minimum absolute atomic E-state index is 0.224. The lowest BCUT2D eigenvalue weighted by molar-refractivity contribution is 0.477. The Bertz CT molecular complexity index is 617. The fraction of sp³-hybridized carbons (Fsp3) is 0. The predicted molar refractivity (Wildman–Crippen MR) is 62.3 cm³/mol. The van der Waals surface area contributed by atoms with Gasteiger partial charge in [-0.15, -0.1) is 0 Å². The van der Waals surface area contributed by atoms with Crippen LogP contribution in [0.5, 0.6) is 5.75 Å². The average Bonchev–Trinajstić information content (AvgIpc) is 2.73. The molecule has 2 heterocycles. The minimum Gasteiger partial charge on any atom is -0.507 e. The van der Waals surface area contributed by atoms with Gasteiger partial charge in [0.1, 0.15) is 10.8 Å². The highest BCUT2D eigenvalue weighted by Gasteiger charge is 2.10. The molecule has 3 rings (SSSR count). The van der Waals surface area contributed by atoms with Gasteiger partial charge in [0.15, 0.2) is 10.5 Å². The van der Waals surface area contributed by atoms with Gasteiger partial charge in [-0.2, -0.15) is 0 Å². The molecule has 0 amide bonds. The predicted octanol–water partition coefficient (Wildman–Crippen LogP) is 2.46. The number of para-hydroxylation sites is 1. The summed E-state index contributed by atoms with van der Waals surface area (Å²) in [5, 5.41) is 10.5. The van der Waals surface area contributed by atoms with Crippen LogP contribution in [0.3, 0.4) is 0 Å². The first-order valence-electron chi connectivity index (χ1n) is 4.70. The van der Waals surface area contributed by atoms with Crippen molar-refractivity contribution in [1.29, 1.82) is 0 Å². The van der Waals surface area contributed by atoms with E-state index in [1.54, 1.807) is 24.5 Å². The third-order valence-electron chi connectivity index (χ3n) is 2.18. The van der Waals surface area contributed by atoms with Gasteiger partial charge in [0, 0.05) is 12.4 Å². The lowest BCUT2D eigenvalue weighted by Crippen LogP contribution is -1.78. The van der Waals surface area contributed by atoms with Gasteiger partial charge in [-0.1, -0.05) is 23.5 Å². The molecule has 0 bridgehead atoms. The molecule has 0 saturated heterocycles. The van der Waals surface area contributed by atoms with Gasteiger partial charge >= 0.3 is 0 Å². The zero-order chi connectivity index (χ0) is 11.0. The molecule has 0 aliphatic rings. The molecule has 0 spiro atoms. The van der Waals surface area contributed by atoms with Crippen LogP contribution in [0.25, 0.3) is 21.0 Å². The molecule has 4 nitrogen and oxygen atoms in total. The van der Waals surface area contributed by atoms with Crippen molar-refractivity contribution >= 4 is 21.8 Å². The standard InChI is InChI=1S/C11H7N3OS/c15-8-4-2-1-3-7(8)10-14-9-11(16-10)13-6-5-12-9/h1-6,15H. The number of thiazole rings is 1. The van der Waals surface area contributed by atoms with Crippen LogP contribution in [0, 0.1) is 0 Å². The molecule has 0 unspecified atom stereocenters. The number of rotatable bonds is 1. The van der Waals surface area contributed by atoms with E-state index < -0.39 is 0 Å². The molecular weight excluding hydrogens is 222 g/mol. The zero-order valence-electron chi connectivity index (χ0n) is 8.16. The second-order valence-corrected chi connectivity index (χ2v) is 4.20. The normalized spacial score (nSPS) is 10.8. The maximum atomic E-state index is 9.71. The number of fused-ring (bicyclic) bond motifs is 1. The molecule has 3 aromatic rings. The van der Waals surface area contributed by atoms with Crippen LogP contribution in [-0.2, 0) is 0 Å². The van der Waals surface area contributed by atoms with Crippen LogP contribution in [0.15, 0.2) is 36.7 Å². The minimum atomic E-state index is 0.224. The van der Waals surface area contributed by atoms with Crippen molar-refractivity contribution in [2.24, 2.45) is 0 Å². The van der Waals surface area contributed by atoms with Crippen molar-refractivity contribution in [2.45, 2.75) is 0 Å². The highest BCUT2D eigenvalue weighted by atomic mass is 32.1. The van der Waals surface area contributed by atoms with Crippen LogP contribution in [0.1, 0.15) is 0 Å². The number of phenolic OH excluding ortho intramolecular Hbond substituents is 1. The summed E-state index contributed by atoms with van der Waals surface area (Å²) < 4.78 is 0. The number of nitrogens with zero attached hydrogens (tertiary/aromatic N) is 3. The fourth-order valence-electron chi connectivity index (χ4n) is 1.45. The molecule has 2 aromatic heterocycles. The lowest BCUT2D eigenvalue weighted by atomic mass is 10.2. The first kappa shape index (κ1) is 9.23. The van der Waals surface area contributed by atoms with E-state index in [0.29, 0.717) is 11.2 Å². The summed E-state index contributed by atoms with van der Waals surface area (Å²) in [6, 6.07) is 7.11. The van der Waals surface area contributed by atoms with E-state index >= 15 is 0 Å². The van der Waals surface area contributed by atoms with Crippen molar-refractivity contribution in [2.75, 3.05) is 0 Å². The van der Waals surface area contributed by atoms with Gasteiger partial charge in [0.25, 0.3) is 0 Å². The van der Waals surface area contributed by atoms with E-state index in [-0.39, 0.29) is 5.75 Å². The van der Waals surface area contributed by atoms with E-state index in [4.69, 9.17) is 0 Å². The first-order chi connectivity index (χ1) is 7.84. The molecule has 16 heavy (non-hydrogen) atoms. The molecule has 5 heteroatoms. The monoisotopic (exact) mass is 229 g/mol. The van der Waals surface area contributed by atoms with Crippen LogP contribution < -0.4 is 0 Å². The summed E-state index contributed by atoms with van der Waals surface area (Å²) in [7, 11) is 0. The van der Waals surface area contributed by atoms with Crippen molar-refractivity contribution in [3.8, 4) is 16.3 Å². The van der Waals surface area contributed by atoms with Crippen LogP contribution in [0.4, 0.5) is 0 Å². The summed E-state index contributed by atoms with van der Waals surface area (Å²) in [6.45, 7) is 0. The van der Waals surface area contributed by atoms with Gasteiger partial charge in [-0.25, -0.2) is 15.0 Å². The second kappa shape index (κ2) is 3.53. The van der Waals surface area contributed by atoms with Gasteiger partial charge in [-0.05, 0) is 12.1 Å². The van der Waals surface area contributed by atoms with E-state index in [0.717, 1.165) is 9.84 Å². The topological polar surface area (TPSA) is 58.9 Å². The van der Waals surface area contributed by atoms with Gasteiger partial charge in [-0.3, -0.25) is 0 Å². The SMILES string of the molecule is Oc1ccccc1-c1nc2nccnc2s1. The van der Waals surface area contributed by atoms with Gasteiger partial charge in [0.2, 0.25) is 0 Å². The summed E-state index contributed by atoms with van der Waals surface area (Å²) in [6.07, 6.45) is 3.24. The van der Waals surface area contributed by atoms with E-state index in [1.807, 2.05) is 12.1 Å². The average molecular weight is 229 g/mol. The maximum Gasteiger partial charge on any atom is 0.190 e. The first-order valence-corrected chi connectivity index (χ1v) is 5.52. The summed E-state index contributed by atoms with van der Waals surface area (Å²) in [5.41, 5.74) is 1.33. The van der Waals surface area contributed by atoms with E-state index in [9.17, 15) is 5.11 Å². The Morgan fingerprint density at radius 1 is 1.06 bits per heavy atom. The van der Waals surface area contributed by atoms with Crippen LogP contribution in [-0.4, -0.2) is 20.1 Å². The second-order valence-electron chi connectivity index (χ2n) is 3.22. The van der Waals surface area contributed by atoms with Gasteiger partial charge in [0.05, 0.1) is 5.56 Å². The quantitative estimate of drug-likeness (QED) is 0.696. The number of benzene rings is 1. The third-order valence-corrected chi connectivity index (χ3v) is 3.17. The Morgan fingerprint density at radius 2 is 1.88 bits per heavy atom. The Kier molecular flexibility index (Phi) is 2.04. The van der Waals surface area contributed by atoms with E-state index in [2.05, 4.69) is 15.0 Å². The zero-order valence-corrected chi connectivity index (χ0v) is 8.98. The Hall–Kier alpha value is -2.01. The molecule has 0 atom stereocenters. The molecule has 78 valence electrons. The van der Waals surface area contributed by atoms with Crippen molar-refractivity contribution in [3.63, 3.8) is 0 Å². The number of phenols is 1. The number of hydrogen-bond acceptors (Lipinski definition) is 5. The molecule has 1 aromatic carbocycles. The Balaban J connectivity index is 2.23. The molecule has 0 saturated carbocycles. The molecule has 0 fully saturated rings. The lowest BCUT2D eigenvalue weighted by Gasteiger charge is -1.97. The molecule has 1 N–H and O–H groups in total. The largest absolute Gasteiger partial charge is 0.507 e. The number of hydrogen-bond donors (Lipinski definition) is 1. The number of aromatic hydroxyl groups is 1.